The van der Waals surface area contributed by atoms with Crippen molar-refractivity contribution >= 4 is 123 Å². The van der Waals surface area contributed by atoms with Gasteiger partial charge in [0.2, 0.25) is 88.6 Å². The first-order chi connectivity index (χ1) is 64.2. The zero-order chi connectivity index (χ0) is 98.6. The number of morpholine rings is 1. The minimum Gasteiger partial charge on any atom is -0.508 e. The van der Waals surface area contributed by atoms with Gasteiger partial charge in [-0.25, -0.2) is 13.2 Å². The Hall–Kier alpha value is -13.6. The van der Waals surface area contributed by atoms with Crippen molar-refractivity contribution in [3.8, 4) is 5.75 Å². The number of nitrogens with two attached hydrogens (primary N) is 2. The number of rotatable bonds is 25. The number of aromatic amines is 1. The van der Waals surface area contributed by atoms with E-state index in [4.69, 9.17) is 20.9 Å². The number of carbonyl (C=O) groups excluding carboxylic acids is 15. The number of hydrogen-bond acceptors (Lipinski definition) is 23. The van der Waals surface area contributed by atoms with Crippen LogP contribution in [0.4, 0.5) is 13.2 Å². The van der Waals surface area contributed by atoms with Gasteiger partial charge in [0.15, 0.2) is 17.5 Å². The average Bonchev–Trinajstić information content (AvgIpc) is 1.62. The Balaban J connectivity index is 1.14. The topological polar surface area (TPSA) is 582 Å². The fraction of sp³-hybridized carbons (Fsp3) is 0.462. The number of aliphatic hydroxyl groups excluding tert-OH is 1. The number of primary amides is 1. The molecule has 0 bridgehead atoms. The van der Waals surface area contributed by atoms with Crippen molar-refractivity contribution in [3.05, 3.63) is 173 Å². The van der Waals surface area contributed by atoms with Crippen LogP contribution in [0.25, 0.3) is 10.9 Å². The fourth-order valence-corrected chi connectivity index (χ4v) is 16.8. The SMILES string of the molecule is COCC[C@H]1C(=O)N2C[C@@H](O)C[C@@H]2C(=O)N[C@@H](CC(=O)O)C(=O)N[C@@H](C(C)C)C(=O)N(C)[C@@H](Cc2ccccc2)C(=O)N[C@@H](CCC(=O)O)C(=O)N2CCOC[C@@H]2C(=O)N[C@@H](Cc2c[nH]c3ccccc23)C(=O)N[C@@H](Cc2ccc(O)cc2)C(=O)N[C@@H](CCCN)C(=O)N[C@H](C(=O)NCC(N)=O)CSCC(=O)N[C@@H](Cc2cc(F)c(F)c(F)c2)C(=O)N(C)[C@@H](Cc2ccccc2)C(=O)N1C. The Morgan fingerprint density at radius 1 is 0.563 bits per heavy atom. The van der Waals surface area contributed by atoms with E-state index in [1.165, 1.54) is 52.3 Å². The smallest absolute Gasteiger partial charge is 0.305 e. The molecule has 5 aromatic carbocycles. The minimum atomic E-state index is -2.09. The molecular weight excluding hydrogens is 1790 g/mol. The molecular formula is C91H114F3N17O23S. The van der Waals surface area contributed by atoms with Gasteiger partial charge in [-0.2, -0.15) is 0 Å². The molecule has 728 valence electrons. The van der Waals surface area contributed by atoms with Crippen LogP contribution < -0.4 is 59.3 Å². The molecule has 15 amide bonds. The van der Waals surface area contributed by atoms with Crippen LogP contribution in [0.1, 0.15) is 86.6 Å². The second-order valence-electron chi connectivity index (χ2n) is 33.5. The summed E-state index contributed by atoms with van der Waals surface area (Å²) in [6.45, 7) is -0.0647. The van der Waals surface area contributed by atoms with Gasteiger partial charge < -0.3 is 119 Å². The molecule has 3 aliphatic heterocycles. The molecule has 44 heteroatoms. The predicted molar refractivity (Wildman–Crippen MR) is 480 cm³/mol. The Morgan fingerprint density at radius 3 is 1.74 bits per heavy atom. The van der Waals surface area contributed by atoms with Crippen LogP contribution in [0, 0.1) is 23.4 Å². The van der Waals surface area contributed by atoms with Gasteiger partial charge in [0.1, 0.15) is 84.3 Å². The highest BCUT2D eigenvalue weighted by atomic mass is 32.2. The van der Waals surface area contributed by atoms with Crippen molar-refractivity contribution in [2.45, 2.75) is 176 Å². The second kappa shape index (κ2) is 49.9. The maximum absolute atomic E-state index is 15.7. The number of carboxylic acid groups (broad SMARTS) is 2. The van der Waals surface area contributed by atoms with Crippen LogP contribution in [-0.2, 0) is 123 Å². The lowest BCUT2D eigenvalue weighted by molar-refractivity contribution is -0.153. The van der Waals surface area contributed by atoms with Crippen LogP contribution >= 0.6 is 11.8 Å². The van der Waals surface area contributed by atoms with E-state index in [-0.39, 0.29) is 64.0 Å². The zero-order valence-electron chi connectivity index (χ0n) is 75.1. The number of methoxy groups -OCH3 is 1. The summed E-state index contributed by atoms with van der Waals surface area (Å²) >= 11 is 0.620. The number of carbonyl (C=O) groups is 17. The molecule has 0 spiro atoms. The van der Waals surface area contributed by atoms with E-state index in [2.05, 4.69) is 52.8 Å². The molecule has 1 aromatic heterocycles. The third-order valence-electron chi connectivity index (χ3n) is 23.3. The summed E-state index contributed by atoms with van der Waals surface area (Å²) in [4.78, 5) is 257. The lowest BCUT2D eigenvalue weighted by Crippen LogP contribution is -2.64. The Morgan fingerprint density at radius 2 is 1.12 bits per heavy atom. The molecule has 3 aliphatic rings. The maximum atomic E-state index is 15.7. The molecule has 0 unspecified atom stereocenters. The number of fused-ring (bicyclic) bond motifs is 3. The van der Waals surface area contributed by atoms with Gasteiger partial charge in [-0.3, -0.25) is 81.5 Å². The summed E-state index contributed by atoms with van der Waals surface area (Å²) in [7, 11) is 4.73. The maximum Gasteiger partial charge on any atom is 0.305 e. The lowest BCUT2D eigenvalue weighted by atomic mass is 9.98. The van der Waals surface area contributed by atoms with Crippen molar-refractivity contribution in [1.29, 1.82) is 0 Å². The Kier molecular flexibility index (Phi) is 38.9. The zero-order valence-corrected chi connectivity index (χ0v) is 75.9. The molecule has 135 heavy (non-hydrogen) atoms. The van der Waals surface area contributed by atoms with Crippen LogP contribution in [0.15, 0.2) is 128 Å². The number of para-hydroxylation sites is 1. The van der Waals surface area contributed by atoms with E-state index < -0.39 is 290 Å². The van der Waals surface area contributed by atoms with E-state index >= 15 is 51.9 Å². The number of aromatic hydroxyl groups is 1. The molecule has 0 aliphatic carbocycles. The van der Waals surface area contributed by atoms with E-state index in [1.54, 1.807) is 91.1 Å². The monoisotopic (exact) mass is 1900 g/mol. The largest absolute Gasteiger partial charge is 0.508 e. The second-order valence-corrected chi connectivity index (χ2v) is 34.5. The number of likely N-dealkylation sites (N-methyl/N-ethyl adjacent to an activating group) is 3. The highest BCUT2D eigenvalue weighted by Crippen LogP contribution is 2.28. The number of phenolic OH excluding ortho intramolecular Hbond substituents is 1. The van der Waals surface area contributed by atoms with Crippen molar-refractivity contribution in [3.63, 3.8) is 0 Å². The first kappa shape index (κ1) is 105. The van der Waals surface area contributed by atoms with Crippen LogP contribution in [0.3, 0.4) is 0 Å². The van der Waals surface area contributed by atoms with Gasteiger partial charge >= 0.3 is 11.9 Å². The van der Waals surface area contributed by atoms with Gasteiger partial charge in [-0.05, 0) is 89.9 Å². The normalized spacial score (nSPS) is 24.0. The number of H-pyrrole nitrogens is 1. The highest BCUT2D eigenvalue weighted by Gasteiger charge is 2.48. The first-order valence-electron chi connectivity index (χ1n) is 43.7. The number of halogens is 3. The number of thioether (sulfide) groups is 1. The Labute approximate surface area is 778 Å². The van der Waals surface area contributed by atoms with Crippen LogP contribution in [0.2, 0.25) is 0 Å². The number of hydrogen-bond donors (Lipinski definition) is 16. The number of nitrogens with one attached hydrogen (secondary N) is 10. The molecule has 18 N–H and O–H groups in total. The van der Waals surface area contributed by atoms with Gasteiger partial charge in [0.25, 0.3) is 0 Å². The predicted octanol–water partition coefficient (Wildman–Crippen LogP) is -1.53. The van der Waals surface area contributed by atoms with E-state index in [9.17, 15) is 63.2 Å². The standard InChI is InChI=1S/C91H114F3N17O23S/c1-49(2)78-91(132)108(4)69(38-50-16-9-7-10-17-50)84(125)101-62(27-28-75(116)117)88(129)110-31-33-134-46-72(110)86(127)103-64(40-54-43-97-60-21-14-13-20-57(54)60)82(123)102-63(36-52-23-25-55(112)26-24-52)81(122)100-61(22-15-30-95)80(121)105-67(79(120)98-44-73(96)114)47-135-48-74(115)99-66(37-53-34-58(92)77(94)59(93)35-53)87(128)109(5)71(39-51-18-11-8-12-19-51)89(130)107(3)68(29-32-133-6)90(131)111-45-56(113)41-70(111)85(126)104-65(42-76(118)119)83(124)106-78/h7-14,16-21,23-26,34-35,43,49,56,61-72,78,97,112-113H,15,22,27-33,36-42,44-48,95H2,1-6H3,(H2,96,114)(H,98,120)(H,99,115)(H,100,122)(H,101,125)(H,102,123)(H,103,127)(H,104,126)(H,105,121)(H,106,124)(H,116,117)(H,118,119)/t56-,61-,62-,63-,64-,65-,66-,67-,68-,69-,70+,71-,72+,78-/m0/s1. The average molecular weight is 1900 g/mol. The van der Waals surface area contributed by atoms with Gasteiger partial charge in [0, 0.05) is 122 Å². The molecule has 40 nitrogen and oxygen atoms in total. The number of carboxylic acids is 2. The number of aliphatic hydroxyl groups is 1. The summed E-state index contributed by atoms with van der Waals surface area (Å²) in [5.41, 5.74) is 13.1. The molecule has 0 saturated carbocycles. The van der Waals surface area contributed by atoms with Crippen molar-refractivity contribution < 1.29 is 125 Å². The molecule has 14 atom stereocenters. The Bertz CT molecular complexity index is 5240. The van der Waals surface area contributed by atoms with Crippen molar-refractivity contribution in [2.24, 2.45) is 17.4 Å². The first-order valence-corrected chi connectivity index (χ1v) is 44.8. The molecule has 6 aromatic rings. The summed E-state index contributed by atoms with van der Waals surface area (Å²) in [6, 6.07) is 6.48. The number of ether oxygens (including phenoxy) is 2. The molecule has 3 saturated heterocycles. The molecule has 3 fully saturated rings. The summed E-state index contributed by atoms with van der Waals surface area (Å²) < 4.78 is 56.3. The van der Waals surface area contributed by atoms with Crippen molar-refractivity contribution in [2.75, 3.05) is 85.8 Å². The molecule has 9 rings (SSSR count). The van der Waals surface area contributed by atoms with Crippen LogP contribution in [0.5, 0.6) is 5.75 Å². The van der Waals surface area contributed by atoms with Crippen LogP contribution in [-0.4, -0.2) is 321 Å². The molecule has 4 heterocycles. The van der Waals surface area contributed by atoms with Gasteiger partial charge in [0.05, 0.1) is 38.0 Å². The number of nitrogens with zero attached hydrogens (tertiary/aromatic N) is 5. The fourth-order valence-electron chi connectivity index (χ4n) is 16.0. The molecule has 0 radical (unpaired) electrons. The number of benzene rings is 5. The van der Waals surface area contributed by atoms with Gasteiger partial charge in [-0.1, -0.05) is 105 Å². The minimum absolute atomic E-state index is 0.00432. The van der Waals surface area contributed by atoms with Crippen molar-refractivity contribution in [1.82, 2.24) is 77.3 Å². The number of aromatic nitrogens is 1. The number of aliphatic carboxylic acids is 2. The number of amides is 15. The third-order valence-corrected chi connectivity index (χ3v) is 24.4. The van der Waals surface area contributed by atoms with E-state index in [1.807, 2.05) is 0 Å². The third kappa shape index (κ3) is 29.5. The summed E-state index contributed by atoms with van der Waals surface area (Å²) in [5, 5.41) is 65.7. The summed E-state index contributed by atoms with van der Waals surface area (Å²) in [5.74, 6) is -27.3. The lowest BCUT2D eigenvalue weighted by Gasteiger charge is -2.38. The highest BCUT2D eigenvalue weighted by molar-refractivity contribution is 8.00. The van der Waals surface area contributed by atoms with E-state index in [0.29, 0.717) is 57.1 Å². The number of phenols is 1. The van der Waals surface area contributed by atoms with E-state index in [0.717, 1.165) is 38.6 Å². The quantitative estimate of drug-likeness (QED) is 0.0289. The summed E-state index contributed by atoms with van der Waals surface area (Å²) in [6.07, 6.45) is -6.07. The van der Waals surface area contributed by atoms with Gasteiger partial charge in [-0.15, -0.1) is 11.8 Å².